The molecular weight excluding hydrogens is 252 g/mol. The first-order valence-electron chi connectivity index (χ1n) is 5.55. The van der Waals surface area contributed by atoms with Gasteiger partial charge in [0.2, 0.25) is 10.0 Å². The van der Waals surface area contributed by atoms with E-state index in [9.17, 15) is 8.42 Å². The van der Waals surface area contributed by atoms with E-state index >= 15 is 0 Å². The minimum atomic E-state index is -3.69. The minimum Gasteiger partial charge on any atom is -0.225 e. The molecule has 1 heterocycles. The molecule has 0 amide bonds. The third-order valence-corrected chi connectivity index (χ3v) is 3.57. The highest BCUT2D eigenvalue weighted by Crippen LogP contribution is 2.19. The monoisotopic (exact) mass is 266 g/mol. The van der Waals surface area contributed by atoms with Crippen molar-refractivity contribution in [2.45, 2.75) is 24.7 Å². The van der Waals surface area contributed by atoms with Crippen LogP contribution in [0.25, 0.3) is 5.69 Å². The predicted octanol–water partition coefficient (Wildman–Crippen LogP) is 0.867. The van der Waals surface area contributed by atoms with Crippen molar-refractivity contribution < 1.29 is 8.42 Å². The van der Waals surface area contributed by atoms with Crippen molar-refractivity contribution in [3.05, 3.63) is 36.2 Å². The lowest BCUT2D eigenvalue weighted by atomic mass is 10.1. The smallest absolute Gasteiger partial charge is 0.225 e. The van der Waals surface area contributed by atoms with Crippen LogP contribution in [-0.2, 0) is 16.4 Å². The molecule has 0 aliphatic heterocycles. The largest absolute Gasteiger partial charge is 0.238 e. The SMILES string of the molecule is CCCc1cc(-n2ccnn2)ccc1S(N)(=O)=O. The molecule has 0 saturated heterocycles. The second-order valence-electron chi connectivity index (χ2n) is 3.93. The van der Waals surface area contributed by atoms with Gasteiger partial charge in [0, 0.05) is 0 Å². The Kier molecular flexibility index (Phi) is 3.44. The Morgan fingerprint density at radius 3 is 2.72 bits per heavy atom. The topological polar surface area (TPSA) is 90.9 Å². The standard InChI is InChI=1S/C11H14N4O2S/c1-2-3-9-8-10(15-7-6-13-14-15)4-5-11(9)18(12,16)17/h4-8H,2-3H2,1H3,(H2,12,16,17). The molecule has 2 N–H and O–H groups in total. The van der Waals surface area contributed by atoms with Gasteiger partial charge in [-0.1, -0.05) is 18.6 Å². The van der Waals surface area contributed by atoms with Gasteiger partial charge in [0.1, 0.15) is 0 Å². The van der Waals surface area contributed by atoms with Gasteiger partial charge < -0.3 is 0 Å². The number of aromatic nitrogens is 3. The van der Waals surface area contributed by atoms with Crippen molar-refractivity contribution >= 4 is 10.0 Å². The highest BCUT2D eigenvalue weighted by Gasteiger charge is 2.14. The van der Waals surface area contributed by atoms with Crippen molar-refractivity contribution in [3.8, 4) is 5.69 Å². The summed E-state index contributed by atoms with van der Waals surface area (Å²) in [6.07, 6.45) is 4.74. The van der Waals surface area contributed by atoms with E-state index in [4.69, 9.17) is 5.14 Å². The van der Waals surface area contributed by atoms with Crippen molar-refractivity contribution in [1.82, 2.24) is 15.0 Å². The molecule has 6 nitrogen and oxygen atoms in total. The first kappa shape index (κ1) is 12.7. The van der Waals surface area contributed by atoms with Gasteiger partial charge in [-0.25, -0.2) is 18.2 Å². The molecule has 2 aromatic rings. The summed E-state index contributed by atoms with van der Waals surface area (Å²) in [5.74, 6) is 0. The van der Waals surface area contributed by atoms with Crippen LogP contribution in [0.2, 0.25) is 0 Å². The number of benzene rings is 1. The summed E-state index contributed by atoms with van der Waals surface area (Å²) < 4.78 is 24.5. The van der Waals surface area contributed by atoms with E-state index < -0.39 is 10.0 Å². The van der Waals surface area contributed by atoms with Crippen LogP contribution >= 0.6 is 0 Å². The summed E-state index contributed by atoms with van der Waals surface area (Å²) in [7, 11) is -3.69. The van der Waals surface area contributed by atoms with Crippen LogP contribution in [0.5, 0.6) is 0 Å². The maximum absolute atomic E-state index is 11.5. The molecule has 0 atom stereocenters. The van der Waals surface area contributed by atoms with Crippen LogP contribution in [0.4, 0.5) is 0 Å². The molecule has 0 spiro atoms. The molecule has 18 heavy (non-hydrogen) atoms. The molecule has 96 valence electrons. The molecule has 0 saturated carbocycles. The zero-order valence-electron chi connectivity index (χ0n) is 9.94. The molecule has 0 bridgehead atoms. The maximum Gasteiger partial charge on any atom is 0.238 e. The fourth-order valence-corrected chi connectivity index (χ4v) is 2.58. The Morgan fingerprint density at radius 2 is 2.17 bits per heavy atom. The average Bonchev–Trinajstić information content (AvgIpc) is 2.81. The Labute approximate surface area is 105 Å². The minimum absolute atomic E-state index is 0.174. The third-order valence-electron chi connectivity index (χ3n) is 2.56. The second kappa shape index (κ2) is 4.87. The second-order valence-corrected chi connectivity index (χ2v) is 5.46. The molecular formula is C11H14N4O2S. The van der Waals surface area contributed by atoms with Crippen LogP contribution in [-0.4, -0.2) is 23.4 Å². The van der Waals surface area contributed by atoms with E-state index in [0.717, 1.165) is 12.1 Å². The van der Waals surface area contributed by atoms with E-state index in [1.54, 1.807) is 29.2 Å². The van der Waals surface area contributed by atoms with Gasteiger partial charge in [-0.05, 0) is 30.2 Å². The molecule has 2 rings (SSSR count). The van der Waals surface area contributed by atoms with Gasteiger partial charge in [-0.15, -0.1) is 5.10 Å². The van der Waals surface area contributed by atoms with Crippen molar-refractivity contribution in [2.75, 3.05) is 0 Å². The van der Waals surface area contributed by atoms with Crippen LogP contribution < -0.4 is 5.14 Å². The summed E-state index contributed by atoms with van der Waals surface area (Å²) in [6, 6.07) is 4.95. The zero-order valence-corrected chi connectivity index (χ0v) is 10.8. The van der Waals surface area contributed by atoms with E-state index in [1.165, 1.54) is 6.07 Å². The number of aryl methyl sites for hydroxylation is 1. The number of hydrogen-bond donors (Lipinski definition) is 1. The molecule has 7 heteroatoms. The van der Waals surface area contributed by atoms with Crippen molar-refractivity contribution in [1.29, 1.82) is 0 Å². The maximum atomic E-state index is 11.5. The summed E-state index contributed by atoms with van der Waals surface area (Å²) in [5.41, 5.74) is 1.47. The van der Waals surface area contributed by atoms with Crippen LogP contribution in [0.15, 0.2) is 35.5 Å². The number of nitrogens with two attached hydrogens (primary N) is 1. The van der Waals surface area contributed by atoms with Gasteiger partial charge in [-0.2, -0.15) is 0 Å². The fourth-order valence-electron chi connectivity index (χ4n) is 1.80. The molecule has 0 aliphatic carbocycles. The summed E-state index contributed by atoms with van der Waals surface area (Å²) in [5, 5.41) is 12.8. The van der Waals surface area contributed by atoms with Gasteiger partial charge >= 0.3 is 0 Å². The molecule has 0 unspecified atom stereocenters. The Hall–Kier alpha value is -1.73. The zero-order chi connectivity index (χ0) is 13.2. The quantitative estimate of drug-likeness (QED) is 0.888. The lowest BCUT2D eigenvalue weighted by molar-refractivity contribution is 0.596. The van der Waals surface area contributed by atoms with E-state index in [0.29, 0.717) is 12.0 Å². The molecule has 0 radical (unpaired) electrons. The van der Waals surface area contributed by atoms with Gasteiger partial charge in [0.05, 0.1) is 23.0 Å². The van der Waals surface area contributed by atoms with Gasteiger partial charge in [-0.3, -0.25) is 0 Å². The van der Waals surface area contributed by atoms with Crippen LogP contribution in [0.1, 0.15) is 18.9 Å². The molecule has 0 aliphatic rings. The molecule has 0 fully saturated rings. The first-order valence-corrected chi connectivity index (χ1v) is 7.09. The molecule has 1 aromatic carbocycles. The first-order chi connectivity index (χ1) is 8.52. The van der Waals surface area contributed by atoms with Crippen LogP contribution in [0, 0.1) is 0 Å². The van der Waals surface area contributed by atoms with E-state index in [1.807, 2.05) is 6.92 Å². The van der Waals surface area contributed by atoms with Crippen molar-refractivity contribution in [3.63, 3.8) is 0 Å². The summed E-state index contributed by atoms with van der Waals surface area (Å²) >= 11 is 0. The van der Waals surface area contributed by atoms with E-state index in [-0.39, 0.29) is 4.90 Å². The highest BCUT2D eigenvalue weighted by molar-refractivity contribution is 7.89. The number of hydrogen-bond acceptors (Lipinski definition) is 4. The third kappa shape index (κ3) is 2.57. The van der Waals surface area contributed by atoms with E-state index in [2.05, 4.69) is 10.3 Å². The van der Waals surface area contributed by atoms with Crippen molar-refractivity contribution in [2.24, 2.45) is 5.14 Å². The average molecular weight is 266 g/mol. The Bertz CT molecular complexity index is 635. The molecule has 1 aromatic heterocycles. The number of nitrogens with zero attached hydrogens (tertiary/aromatic N) is 3. The Morgan fingerprint density at radius 1 is 1.39 bits per heavy atom. The lowest BCUT2D eigenvalue weighted by Crippen LogP contribution is -2.15. The Balaban J connectivity index is 2.54. The number of primary sulfonamides is 1. The summed E-state index contributed by atoms with van der Waals surface area (Å²) in [6.45, 7) is 1.98. The normalized spacial score (nSPS) is 11.7. The summed E-state index contributed by atoms with van der Waals surface area (Å²) in [4.78, 5) is 0.174. The number of sulfonamides is 1. The fraction of sp³-hybridized carbons (Fsp3) is 0.273. The number of rotatable bonds is 4. The van der Waals surface area contributed by atoms with Gasteiger partial charge in [0.25, 0.3) is 0 Å². The van der Waals surface area contributed by atoms with Gasteiger partial charge in [0.15, 0.2) is 0 Å². The predicted molar refractivity (Wildman–Crippen MR) is 66.7 cm³/mol. The lowest BCUT2D eigenvalue weighted by Gasteiger charge is -2.09. The highest BCUT2D eigenvalue weighted by atomic mass is 32.2. The van der Waals surface area contributed by atoms with Crippen LogP contribution in [0.3, 0.4) is 0 Å².